The molecule has 0 bridgehead atoms. The van der Waals surface area contributed by atoms with Crippen molar-refractivity contribution in [2.75, 3.05) is 50.8 Å². The van der Waals surface area contributed by atoms with Crippen LogP contribution >= 0.6 is 0 Å². The van der Waals surface area contributed by atoms with E-state index in [1.807, 2.05) is 56.0 Å². The molecule has 2 N–H and O–H groups in total. The molecule has 3 heterocycles. The van der Waals surface area contributed by atoms with Gasteiger partial charge in [0.05, 0.1) is 12.5 Å². The Bertz CT molecular complexity index is 1330. The van der Waals surface area contributed by atoms with Gasteiger partial charge in [-0.2, -0.15) is 0 Å². The molecule has 230 valence electrons. The van der Waals surface area contributed by atoms with Crippen molar-refractivity contribution < 1.29 is 29.0 Å². The number of aliphatic carboxylic acids is 1. The number of rotatable bonds is 10. The Hall–Kier alpha value is -4.22. The topological polar surface area (TPSA) is 145 Å². The molecule has 43 heavy (non-hydrogen) atoms. The van der Waals surface area contributed by atoms with Crippen molar-refractivity contribution in [1.29, 1.82) is 0 Å². The molecule has 2 aliphatic heterocycles. The fourth-order valence-corrected chi connectivity index (χ4v) is 5.94. The maximum absolute atomic E-state index is 13.6. The van der Waals surface area contributed by atoms with E-state index in [1.54, 1.807) is 15.9 Å². The molecule has 2 saturated heterocycles. The first-order valence-electron chi connectivity index (χ1n) is 15.1. The smallest absolute Gasteiger partial charge is 0.409 e. The molecule has 3 aliphatic rings. The molecule has 1 aliphatic carbocycles. The Morgan fingerprint density at radius 3 is 2.26 bits per heavy atom. The molecule has 1 aromatic heterocycles. The lowest BCUT2D eigenvalue weighted by molar-refractivity contribution is -0.139. The van der Waals surface area contributed by atoms with Gasteiger partial charge < -0.3 is 29.9 Å². The van der Waals surface area contributed by atoms with Crippen molar-refractivity contribution in [1.82, 2.24) is 25.1 Å². The van der Waals surface area contributed by atoms with Gasteiger partial charge in [0.2, 0.25) is 5.91 Å². The third-order valence-corrected chi connectivity index (χ3v) is 8.57. The van der Waals surface area contributed by atoms with E-state index in [0.29, 0.717) is 57.5 Å². The van der Waals surface area contributed by atoms with Crippen LogP contribution in [0.3, 0.4) is 0 Å². The highest BCUT2D eigenvalue weighted by atomic mass is 16.6. The maximum Gasteiger partial charge on any atom is 0.409 e. The molecule has 12 heteroatoms. The first-order chi connectivity index (χ1) is 20.7. The van der Waals surface area contributed by atoms with Gasteiger partial charge in [-0.3, -0.25) is 14.4 Å². The first kappa shape index (κ1) is 30.2. The van der Waals surface area contributed by atoms with E-state index in [4.69, 9.17) is 9.72 Å². The predicted molar refractivity (Wildman–Crippen MR) is 158 cm³/mol. The molecule has 5 rings (SSSR count). The number of aromatic nitrogens is 2. The summed E-state index contributed by atoms with van der Waals surface area (Å²) >= 11 is 0. The Balaban J connectivity index is 1.28. The summed E-state index contributed by atoms with van der Waals surface area (Å²) in [5.74, 6) is -0.878. The molecule has 1 saturated carbocycles. The molecule has 3 amide bonds. The van der Waals surface area contributed by atoms with E-state index in [1.165, 1.54) is 0 Å². The summed E-state index contributed by atoms with van der Waals surface area (Å²) in [6.07, 6.45) is 1.39. The minimum Gasteiger partial charge on any atom is -0.481 e. The van der Waals surface area contributed by atoms with Crippen molar-refractivity contribution in [2.24, 2.45) is 23.7 Å². The van der Waals surface area contributed by atoms with Gasteiger partial charge in [-0.1, -0.05) is 57.5 Å². The minimum absolute atomic E-state index is 0.0755. The molecule has 3 fully saturated rings. The number of carboxylic acid groups (broad SMARTS) is 1. The summed E-state index contributed by atoms with van der Waals surface area (Å²) in [5, 5.41) is 12.3. The van der Waals surface area contributed by atoms with Gasteiger partial charge in [-0.25, -0.2) is 14.8 Å². The average Bonchev–Trinajstić information content (AvgIpc) is 3.53. The van der Waals surface area contributed by atoms with Gasteiger partial charge in [0.15, 0.2) is 5.82 Å². The van der Waals surface area contributed by atoms with Crippen LogP contribution in [0.1, 0.15) is 44.1 Å². The maximum atomic E-state index is 13.6. The molecule has 0 spiro atoms. The van der Waals surface area contributed by atoms with Crippen LogP contribution in [0.4, 0.5) is 10.6 Å². The summed E-state index contributed by atoms with van der Waals surface area (Å²) in [5.41, 5.74) is 0.881. The van der Waals surface area contributed by atoms with Gasteiger partial charge in [0, 0.05) is 50.9 Å². The van der Waals surface area contributed by atoms with Crippen molar-refractivity contribution in [3.63, 3.8) is 0 Å². The number of piperidine rings is 1. The summed E-state index contributed by atoms with van der Waals surface area (Å²) in [7, 11) is 0. The number of piperazine rings is 1. The Morgan fingerprint density at radius 1 is 1.00 bits per heavy atom. The van der Waals surface area contributed by atoms with Gasteiger partial charge in [-0.15, -0.1) is 0 Å². The Labute approximate surface area is 251 Å². The van der Waals surface area contributed by atoms with Crippen LogP contribution in [0, 0.1) is 23.7 Å². The van der Waals surface area contributed by atoms with Crippen LogP contribution in [-0.2, 0) is 14.3 Å². The molecule has 4 atom stereocenters. The van der Waals surface area contributed by atoms with Crippen LogP contribution < -0.4 is 10.2 Å². The van der Waals surface area contributed by atoms with E-state index >= 15 is 0 Å². The van der Waals surface area contributed by atoms with Crippen molar-refractivity contribution >= 4 is 29.7 Å². The predicted octanol–water partition coefficient (Wildman–Crippen LogP) is 2.75. The van der Waals surface area contributed by atoms with E-state index in [0.717, 1.165) is 18.4 Å². The second kappa shape index (κ2) is 13.0. The zero-order valence-corrected chi connectivity index (χ0v) is 24.9. The number of benzene rings is 1. The van der Waals surface area contributed by atoms with E-state index in [9.17, 15) is 24.3 Å². The quantitative estimate of drug-likeness (QED) is 0.398. The monoisotopic (exact) mass is 592 g/mol. The normalized spacial score (nSPS) is 21.8. The van der Waals surface area contributed by atoms with Crippen LogP contribution in [-0.4, -0.2) is 101 Å². The fourth-order valence-electron chi connectivity index (χ4n) is 5.94. The summed E-state index contributed by atoms with van der Waals surface area (Å²) < 4.78 is 5.30. The molecule has 2 aromatic rings. The molecule has 1 aromatic carbocycles. The number of anilines is 1. The second-order valence-corrected chi connectivity index (χ2v) is 11.9. The van der Waals surface area contributed by atoms with Gasteiger partial charge in [0.1, 0.15) is 17.6 Å². The number of carbonyl (C=O) groups excluding carboxylic acids is 3. The number of hydrogen-bond acceptors (Lipinski definition) is 8. The van der Waals surface area contributed by atoms with Crippen molar-refractivity contribution in [3.8, 4) is 11.4 Å². The number of carbonyl (C=O) groups is 4. The molecular weight excluding hydrogens is 552 g/mol. The largest absolute Gasteiger partial charge is 0.481 e. The number of ether oxygens (including phenoxy) is 1. The van der Waals surface area contributed by atoms with E-state index < -0.39 is 17.9 Å². The van der Waals surface area contributed by atoms with Crippen LogP contribution in [0.15, 0.2) is 36.4 Å². The highest BCUT2D eigenvalue weighted by Gasteiger charge is 2.60. The van der Waals surface area contributed by atoms with Crippen molar-refractivity contribution in [3.05, 3.63) is 42.1 Å². The number of fused-ring (bicyclic) bond motifs is 1. The SMILES string of the molecule is CCCCOC(=O)N1CCN(C(=O)[C@@H](NC(=O)c2cc(N3C[C@@H]4[C@H](C3)[C@H]4C(=O)O)nc(-c3ccccc3)n2)C(C)C)CC1. The zero-order valence-electron chi connectivity index (χ0n) is 24.9. The minimum atomic E-state index is -0.787. The van der Waals surface area contributed by atoms with Crippen LogP contribution in [0.2, 0.25) is 0 Å². The lowest BCUT2D eigenvalue weighted by atomic mass is 10.0. The lowest BCUT2D eigenvalue weighted by Gasteiger charge is -2.36. The first-order valence-corrected chi connectivity index (χ1v) is 15.1. The second-order valence-electron chi connectivity index (χ2n) is 11.9. The van der Waals surface area contributed by atoms with Crippen molar-refractivity contribution in [2.45, 2.75) is 39.7 Å². The lowest BCUT2D eigenvalue weighted by Crippen LogP contribution is -2.57. The standard InChI is InChI=1S/C31H40N6O6/c1-4-5-15-43-31(42)36-13-11-35(12-14-36)29(39)26(19(2)3)34-28(38)23-16-24(33-27(32-23)20-9-7-6-8-10-20)37-17-21-22(18-37)25(21)30(40)41/h6-10,16,19,21-22,25-26H,4-5,11-15,17-18H2,1-3H3,(H,34,38)(H,40,41)/t21-,22+,25+,26-/m0/s1. The number of nitrogens with one attached hydrogen (secondary N) is 1. The fraction of sp³-hybridized carbons (Fsp3) is 0.548. The average molecular weight is 593 g/mol. The van der Waals surface area contributed by atoms with Gasteiger partial charge in [0.25, 0.3) is 5.91 Å². The molecule has 12 nitrogen and oxygen atoms in total. The third kappa shape index (κ3) is 6.73. The van der Waals surface area contributed by atoms with Crippen LogP contribution in [0.5, 0.6) is 0 Å². The van der Waals surface area contributed by atoms with E-state index in [2.05, 4.69) is 10.3 Å². The third-order valence-electron chi connectivity index (χ3n) is 8.57. The van der Waals surface area contributed by atoms with Gasteiger partial charge >= 0.3 is 12.1 Å². The summed E-state index contributed by atoms with van der Waals surface area (Å²) in [4.78, 5) is 65.6. The Morgan fingerprint density at radius 2 is 1.65 bits per heavy atom. The molecule has 0 radical (unpaired) electrons. The van der Waals surface area contributed by atoms with Gasteiger partial charge in [-0.05, 0) is 24.2 Å². The number of carboxylic acids is 1. The Kier molecular flexibility index (Phi) is 9.12. The molecular formula is C31H40N6O6. The number of amides is 3. The van der Waals surface area contributed by atoms with Crippen LogP contribution in [0.25, 0.3) is 11.4 Å². The number of nitrogens with zero attached hydrogens (tertiary/aromatic N) is 5. The summed E-state index contributed by atoms with van der Waals surface area (Å²) in [6.45, 7) is 8.71. The highest BCUT2D eigenvalue weighted by molar-refractivity contribution is 5.97. The number of unbranched alkanes of at least 4 members (excludes halogenated alkanes) is 1. The highest BCUT2D eigenvalue weighted by Crippen LogP contribution is 2.52. The zero-order chi connectivity index (χ0) is 30.7. The summed E-state index contributed by atoms with van der Waals surface area (Å²) in [6, 6.07) is 10.2. The van der Waals surface area contributed by atoms with E-state index in [-0.39, 0.29) is 41.4 Å². The molecule has 0 unspecified atom stereocenters. The number of hydrogen-bond donors (Lipinski definition) is 2.